The first-order chi connectivity index (χ1) is 6.40. The number of aromatic nitrogens is 2. The van der Waals surface area contributed by atoms with Crippen LogP contribution < -0.4 is 0 Å². The van der Waals surface area contributed by atoms with Gasteiger partial charge in [0, 0.05) is 12.8 Å². The summed E-state index contributed by atoms with van der Waals surface area (Å²) in [4.78, 5) is 8.31. The van der Waals surface area contributed by atoms with Gasteiger partial charge in [0.2, 0.25) is 0 Å². The van der Waals surface area contributed by atoms with Gasteiger partial charge >= 0.3 is 0 Å². The minimum atomic E-state index is -0.0394. The third-order valence-corrected chi connectivity index (χ3v) is 2.11. The molecule has 1 saturated heterocycles. The molecule has 4 nitrogen and oxygen atoms in total. The summed E-state index contributed by atoms with van der Waals surface area (Å²) in [5.41, 5.74) is 0.653. The molecule has 1 aliphatic heterocycles. The molecule has 1 atom stereocenters. The van der Waals surface area contributed by atoms with Crippen molar-refractivity contribution in [1.29, 1.82) is 0 Å². The molecule has 4 heteroatoms. The zero-order chi connectivity index (χ0) is 9.10. The maximum Gasteiger partial charge on any atom is 0.157 e. The van der Waals surface area contributed by atoms with Crippen LogP contribution in [0.15, 0.2) is 12.3 Å². The van der Waals surface area contributed by atoms with Gasteiger partial charge in [0.05, 0.1) is 12.3 Å². The van der Waals surface area contributed by atoms with Gasteiger partial charge in [0.1, 0.15) is 6.10 Å². The van der Waals surface area contributed by atoms with Gasteiger partial charge in [0.15, 0.2) is 5.82 Å². The van der Waals surface area contributed by atoms with Gasteiger partial charge < -0.3 is 9.84 Å². The van der Waals surface area contributed by atoms with Crippen molar-refractivity contribution < 1.29 is 9.84 Å². The average Bonchev–Trinajstić information content (AvgIpc) is 2.71. The van der Waals surface area contributed by atoms with Gasteiger partial charge in [-0.25, -0.2) is 9.97 Å². The number of hydrogen-bond donors (Lipinski definition) is 1. The fraction of sp³-hybridized carbons (Fsp3) is 0.556. The van der Waals surface area contributed by atoms with E-state index in [-0.39, 0.29) is 12.7 Å². The van der Waals surface area contributed by atoms with Crippen LogP contribution in [0.3, 0.4) is 0 Å². The fourth-order valence-corrected chi connectivity index (χ4v) is 1.44. The van der Waals surface area contributed by atoms with E-state index in [9.17, 15) is 0 Å². The molecular weight excluding hydrogens is 168 g/mol. The van der Waals surface area contributed by atoms with E-state index in [1.54, 1.807) is 12.3 Å². The van der Waals surface area contributed by atoms with E-state index in [2.05, 4.69) is 9.97 Å². The summed E-state index contributed by atoms with van der Waals surface area (Å²) >= 11 is 0. The molecule has 1 aliphatic rings. The average molecular weight is 180 g/mol. The second-order valence-electron chi connectivity index (χ2n) is 3.07. The Hall–Kier alpha value is -1.00. The third-order valence-electron chi connectivity index (χ3n) is 2.11. The highest BCUT2D eigenvalue weighted by molar-refractivity contribution is 5.03. The van der Waals surface area contributed by atoms with Gasteiger partial charge in [-0.05, 0) is 18.9 Å². The molecule has 1 N–H and O–H groups in total. The quantitative estimate of drug-likeness (QED) is 0.732. The van der Waals surface area contributed by atoms with Crippen LogP contribution in [-0.2, 0) is 11.3 Å². The monoisotopic (exact) mass is 180 g/mol. The lowest BCUT2D eigenvalue weighted by Crippen LogP contribution is -2.04. The largest absolute Gasteiger partial charge is 0.390 e. The Balaban J connectivity index is 2.18. The van der Waals surface area contributed by atoms with Crippen molar-refractivity contribution in [1.82, 2.24) is 9.97 Å². The Morgan fingerprint density at radius 1 is 1.62 bits per heavy atom. The molecule has 0 radical (unpaired) electrons. The van der Waals surface area contributed by atoms with Crippen LogP contribution in [0.25, 0.3) is 0 Å². The molecule has 13 heavy (non-hydrogen) atoms. The lowest BCUT2D eigenvalue weighted by Gasteiger charge is -2.07. The molecule has 0 saturated carbocycles. The van der Waals surface area contributed by atoms with Crippen molar-refractivity contribution in [3.8, 4) is 0 Å². The van der Waals surface area contributed by atoms with Gasteiger partial charge in [-0.3, -0.25) is 0 Å². The maximum atomic E-state index is 8.87. The molecule has 0 unspecified atom stereocenters. The Kier molecular flexibility index (Phi) is 2.52. The summed E-state index contributed by atoms with van der Waals surface area (Å²) in [5.74, 6) is 0.698. The van der Waals surface area contributed by atoms with Crippen LogP contribution >= 0.6 is 0 Å². The molecule has 2 rings (SSSR count). The molecule has 0 aliphatic carbocycles. The first kappa shape index (κ1) is 8.59. The lowest BCUT2D eigenvalue weighted by molar-refractivity contribution is 0.104. The summed E-state index contributed by atoms with van der Waals surface area (Å²) in [6, 6.07) is 1.71. The summed E-state index contributed by atoms with van der Waals surface area (Å²) in [5, 5.41) is 8.87. The number of aliphatic hydroxyl groups is 1. The van der Waals surface area contributed by atoms with Crippen LogP contribution in [0.5, 0.6) is 0 Å². The number of ether oxygens (including phenoxy) is 1. The first-order valence-corrected chi connectivity index (χ1v) is 4.44. The van der Waals surface area contributed by atoms with Crippen molar-refractivity contribution in [2.45, 2.75) is 25.6 Å². The van der Waals surface area contributed by atoms with Crippen molar-refractivity contribution in [2.24, 2.45) is 0 Å². The normalized spacial score (nSPS) is 22.1. The lowest BCUT2D eigenvalue weighted by atomic mass is 10.2. The van der Waals surface area contributed by atoms with Crippen molar-refractivity contribution in [2.75, 3.05) is 6.61 Å². The molecule has 0 bridgehead atoms. The topological polar surface area (TPSA) is 55.2 Å². The molecular formula is C9H12N2O2. The van der Waals surface area contributed by atoms with E-state index in [1.807, 2.05) is 0 Å². The van der Waals surface area contributed by atoms with E-state index in [0.29, 0.717) is 11.5 Å². The zero-order valence-electron chi connectivity index (χ0n) is 7.31. The molecule has 1 aromatic rings. The van der Waals surface area contributed by atoms with Gasteiger partial charge in [0.25, 0.3) is 0 Å². The van der Waals surface area contributed by atoms with Crippen molar-refractivity contribution in [3.63, 3.8) is 0 Å². The Morgan fingerprint density at radius 3 is 3.23 bits per heavy atom. The molecule has 70 valence electrons. The highest BCUT2D eigenvalue weighted by Gasteiger charge is 2.20. The number of aliphatic hydroxyl groups excluding tert-OH is 1. The van der Waals surface area contributed by atoms with Gasteiger partial charge in [-0.15, -0.1) is 0 Å². The summed E-state index contributed by atoms with van der Waals surface area (Å²) in [6.45, 7) is 0.750. The number of hydrogen-bond acceptors (Lipinski definition) is 4. The van der Waals surface area contributed by atoms with Crippen LogP contribution in [0.2, 0.25) is 0 Å². The summed E-state index contributed by atoms with van der Waals surface area (Å²) in [6.07, 6.45) is 3.74. The number of rotatable bonds is 2. The van der Waals surface area contributed by atoms with E-state index < -0.39 is 0 Å². The predicted molar refractivity (Wildman–Crippen MR) is 45.9 cm³/mol. The van der Waals surface area contributed by atoms with E-state index in [4.69, 9.17) is 9.84 Å². The minimum Gasteiger partial charge on any atom is -0.390 e. The highest BCUT2D eigenvalue weighted by atomic mass is 16.5. The Morgan fingerprint density at radius 2 is 2.54 bits per heavy atom. The van der Waals surface area contributed by atoms with Crippen LogP contribution in [0, 0.1) is 0 Å². The van der Waals surface area contributed by atoms with Crippen LogP contribution in [0.4, 0.5) is 0 Å². The third kappa shape index (κ3) is 1.84. The Labute approximate surface area is 76.6 Å². The first-order valence-electron chi connectivity index (χ1n) is 4.44. The zero-order valence-corrected chi connectivity index (χ0v) is 7.31. The molecule has 0 aromatic carbocycles. The van der Waals surface area contributed by atoms with Gasteiger partial charge in [-0.1, -0.05) is 0 Å². The maximum absolute atomic E-state index is 8.87. The van der Waals surface area contributed by atoms with Gasteiger partial charge in [-0.2, -0.15) is 0 Å². The second kappa shape index (κ2) is 3.81. The fourth-order valence-electron chi connectivity index (χ4n) is 1.44. The van der Waals surface area contributed by atoms with E-state index in [0.717, 1.165) is 19.4 Å². The Bertz CT molecular complexity index is 285. The van der Waals surface area contributed by atoms with Crippen molar-refractivity contribution in [3.05, 3.63) is 23.8 Å². The SMILES string of the molecule is OCc1ccnc([C@H]2CCCO2)n1. The summed E-state index contributed by atoms with van der Waals surface area (Å²) in [7, 11) is 0. The smallest absolute Gasteiger partial charge is 0.157 e. The molecule has 1 aromatic heterocycles. The summed E-state index contributed by atoms with van der Waals surface area (Å²) < 4.78 is 5.43. The highest BCUT2D eigenvalue weighted by Crippen LogP contribution is 2.25. The molecule has 0 amide bonds. The van der Waals surface area contributed by atoms with E-state index in [1.165, 1.54) is 0 Å². The molecule has 1 fully saturated rings. The molecule has 2 heterocycles. The van der Waals surface area contributed by atoms with Crippen LogP contribution in [0.1, 0.15) is 30.5 Å². The predicted octanol–water partition coefficient (Wildman–Crippen LogP) is 0.820. The van der Waals surface area contributed by atoms with Crippen molar-refractivity contribution >= 4 is 0 Å². The van der Waals surface area contributed by atoms with E-state index >= 15 is 0 Å². The second-order valence-corrected chi connectivity index (χ2v) is 3.07. The molecule has 0 spiro atoms. The standard InChI is InChI=1S/C9H12N2O2/c12-6-7-3-4-10-9(11-7)8-2-1-5-13-8/h3-4,8,12H,1-2,5-6H2/t8-/m1/s1. The number of nitrogens with zero attached hydrogens (tertiary/aromatic N) is 2. The minimum absolute atomic E-state index is 0.0338. The van der Waals surface area contributed by atoms with Crippen LogP contribution in [-0.4, -0.2) is 21.7 Å².